The summed E-state index contributed by atoms with van der Waals surface area (Å²) in [4.78, 5) is 8.05. The van der Waals surface area contributed by atoms with Crippen molar-refractivity contribution in [1.29, 1.82) is 0 Å². The van der Waals surface area contributed by atoms with Crippen molar-refractivity contribution in [2.75, 3.05) is 23.9 Å². The molecule has 0 unspecified atom stereocenters. The molecule has 1 aromatic heterocycles. The number of methoxy groups -OCH3 is 1. The van der Waals surface area contributed by atoms with E-state index >= 15 is 0 Å². The van der Waals surface area contributed by atoms with E-state index in [1.807, 2.05) is 11.8 Å². The van der Waals surface area contributed by atoms with Gasteiger partial charge in [-0.05, 0) is 24.3 Å². The Hall–Kier alpha value is -0.680. The van der Waals surface area contributed by atoms with Crippen LogP contribution in [0.1, 0.15) is 12.8 Å². The van der Waals surface area contributed by atoms with Crippen LogP contribution < -0.4 is 10.1 Å². The van der Waals surface area contributed by atoms with Gasteiger partial charge in [0.2, 0.25) is 0 Å². The first-order valence-electron chi connectivity index (χ1n) is 5.20. The molecule has 88 valence electrons. The first kappa shape index (κ1) is 11.8. The van der Waals surface area contributed by atoms with Crippen LogP contribution in [-0.2, 0) is 0 Å². The minimum Gasteiger partial charge on any atom is -0.490 e. The lowest BCUT2D eigenvalue weighted by Crippen LogP contribution is -2.25. The molecule has 6 heteroatoms. The molecule has 1 aliphatic rings. The summed E-state index contributed by atoms with van der Waals surface area (Å²) in [5, 5.41) is 3.72. The van der Waals surface area contributed by atoms with Gasteiger partial charge in [-0.15, -0.1) is 0 Å². The SMILES string of the molecule is COc1c(Cl)ncnc1NC1CCSCC1. The number of halogens is 1. The highest BCUT2D eigenvalue weighted by Crippen LogP contribution is 2.30. The van der Waals surface area contributed by atoms with Crippen LogP contribution in [-0.4, -0.2) is 34.6 Å². The number of hydrogen-bond acceptors (Lipinski definition) is 5. The summed E-state index contributed by atoms with van der Waals surface area (Å²) in [6, 6.07) is 0.459. The molecule has 0 spiro atoms. The van der Waals surface area contributed by atoms with Crippen molar-refractivity contribution in [1.82, 2.24) is 9.97 Å². The van der Waals surface area contributed by atoms with Crippen LogP contribution in [0.5, 0.6) is 5.75 Å². The fourth-order valence-corrected chi connectivity index (χ4v) is 2.99. The number of aromatic nitrogens is 2. The van der Waals surface area contributed by atoms with Crippen LogP contribution in [0.4, 0.5) is 5.82 Å². The van der Waals surface area contributed by atoms with Gasteiger partial charge in [-0.3, -0.25) is 0 Å². The van der Waals surface area contributed by atoms with Gasteiger partial charge in [0.25, 0.3) is 0 Å². The van der Waals surface area contributed by atoms with Crippen LogP contribution in [0, 0.1) is 0 Å². The highest BCUT2D eigenvalue weighted by atomic mass is 35.5. The van der Waals surface area contributed by atoms with E-state index in [1.165, 1.54) is 17.8 Å². The van der Waals surface area contributed by atoms with Gasteiger partial charge in [0.1, 0.15) is 6.33 Å². The monoisotopic (exact) mass is 259 g/mol. The molecule has 16 heavy (non-hydrogen) atoms. The molecular formula is C10H14ClN3OS. The van der Waals surface area contributed by atoms with Crippen molar-refractivity contribution in [2.45, 2.75) is 18.9 Å². The summed E-state index contributed by atoms with van der Waals surface area (Å²) < 4.78 is 5.19. The topological polar surface area (TPSA) is 47.0 Å². The Balaban J connectivity index is 2.10. The maximum atomic E-state index is 5.93. The Morgan fingerprint density at radius 2 is 2.19 bits per heavy atom. The lowest BCUT2D eigenvalue weighted by Gasteiger charge is -2.23. The van der Waals surface area contributed by atoms with Crippen molar-refractivity contribution < 1.29 is 4.74 Å². The Bertz CT molecular complexity index is 358. The zero-order valence-corrected chi connectivity index (χ0v) is 10.6. The van der Waals surface area contributed by atoms with Gasteiger partial charge >= 0.3 is 0 Å². The number of ether oxygens (including phenoxy) is 1. The number of anilines is 1. The van der Waals surface area contributed by atoms with E-state index in [-0.39, 0.29) is 0 Å². The molecule has 2 heterocycles. The Morgan fingerprint density at radius 3 is 2.88 bits per heavy atom. The summed E-state index contributed by atoms with van der Waals surface area (Å²) in [6.07, 6.45) is 3.75. The maximum Gasteiger partial charge on any atom is 0.198 e. The normalized spacial score (nSPS) is 17.1. The number of rotatable bonds is 3. The quantitative estimate of drug-likeness (QED) is 0.845. The predicted octanol–water partition coefficient (Wildman–Crippen LogP) is 2.45. The highest BCUT2D eigenvalue weighted by Gasteiger charge is 2.17. The molecule has 1 fully saturated rings. The predicted molar refractivity (Wildman–Crippen MR) is 67.6 cm³/mol. The van der Waals surface area contributed by atoms with E-state index in [1.54, 1.807) is 7.11 Å². The summed E-state index contributed by atoms with van der Waals surface area (Å²) in [5.74, 6) is 3.61. The average Bonchev–Trinajstić information content (AvgIpc) is 2.31. The zero-order valence-electron chi connectivity index (χ0n) is 9.07. The Morgan fingerprint density at radius 1 is 1.44 bits per heavy atom. The molecule has 0 saturated carbocycles. The van der Waals surface area contributed by atoms with Crippen molar-refractivity contribution in [2.24, 2.45) is 0 Å². The van der Waals surface area contributed by atoms with Gasteiger partial charge in [0, 0.05) is 6.04 Å². The smallest absolute Gasteiger partial charge is 0.198 e. The molecular weight excluding hydrogens is 246 g/mol. The second-order valence-corrected chi connectivity index (χ2v) is 5.16. The van der Waals surface area contributed by atoms with Gasteiger partial charge in [0.05, 0.1) is 7.11 Å². The molecule has 1 saturated heterocycles. The van der Waals surface area contributed by atoms with E-state index in [0.29, 0.717) is 22.8 Å². The van der Waals surface area contributed by atoms with Crippen LogP contribution in [0.15, 0.2) is 6.33 Å². The Kier molecular flexibility index (Phi) is 4.12. The second kappa shape index (κ2) is 5.59. The summed E-state index contributed by atoms with van der Waals surface area (Å²) >= 11 is 7.92. The molecule has 0 radical (unpaired) electrons. The van der Waals surface area contributed by atoms with Gasteiger partial charge in [-0.25, -0.2) is 9.97 Å². The lowest BCUT2D eigenvalue weighted by molar-refractivity contribution is 0.412. The minimum absolute atomic E-state index is 0.352. The number of thioether (sulfide) groups is 1. The molecule has 4 nitrogen and oxygen atoms in total. The fraction of sp³-hybridized carbons (Fsp3) is 0.600. The van der Waals surface area contributed by atoms with Crippen molar-refractivity contribution in [3.05, 3.63) is 11.5 Å². The van der Waals surface area contributed by atoms with Gasteiger partial charge < -0.3 is 10.1 Å². The van der Waals surface area contributed by atoms with E-state index in [4.69, 9.17) is 16.3 Å². The van der Waals surface area contributed by atoms with Crippen LogP contribution in [0.3, 0.4) is 0 Å². The van der Waals surface area contributed by atoms with Crippen molar-refractivity contribution in [3.63, 3.8) is 0 Å². The average molecular weight is 260 g/mol. The number of nitrogens with zero attached hydrogens (tertiary/aromatic N) is 2. The third-order valence-electron chi connectivity index (χ3n) is 2.53. The standard InChI is InChI=1S/C10H14ClN3OS/c1-15-8-9(11)12-6-13-10(8)14-7-2-4-16-5-3-7/h6-7H,2-5H2,1H3,(H,12,13,14). The molecule has 0 aliphatic carbocycles. The largest absolute Gasteiger partial charge is 0.490 e. The molecule has 2 rings (SSSR count). The van der Waals surface area contributed by atoms with Crippen LogP contribution in [0.2, 0.25) is 5.15 Å². The molecule has 1 N–H and O–H groups in total. The van der Waals surface area contributed by atoms with Gasteiger partial charge in [-0.1, -0.05) is 11.6 Å². The van der Waals surface area contributed by atoms with Gasteiger partial charge in [0.15, 0.2) is 16.7 Å². The van der Waals surface area contributed by atoms with E-state index in [0.717, 1.165) is 12.8 Å². The third kappa shape index (κ3) is 2.71. The van der Waals surface area contributed by atoms with Crippen molar-refractivity contribution >= 4 is 29.2 Å². The second-order valence-electron chi connectivity index (χ2n) is 3.58. The molecule has 0 aromatic carbocycles. The fourth-order valence-electron chi connectivity index (χ4n) is 1.67. The first-order chi connectivity index (χ1) is 7.81. The van der Waals surface area contributed by atoms with Crippen LogP contribution >= 0.6 is 23.4 Å². The molecule has 0 atom stereocenters. The molecule has 1 aliphatic heterocycles. The number of nitrogens with one attached hydrogen (secondary N) is 1. The van der Waals surface area contributed by atoms with Gasteiger partial charge in [-0.2, -0.15) is 11.8 Å². The highest BCUT2D eigenvalue weighted by molar-refractivity contribution is 7.99. The summed E-state index contributed by atoms with van der Waals surface area (Å²) in [5.41, 5.74) is 0. The van der Waals surface area contributed by atoms with E-state index in [2.05, 4.69) is 15.3 Å². The Labute approximate surface area is 104 Å². The zero-order chi connectivity index (χ0) is 11.4. The molecule has 1 aromatic rings. The minimum atomic E-state index is 0.352. The summed E-state index contributed by atoms with van der Waals surface area (Å²) in [6.45, 7) is 0. The lowest BCUT2D eigenvalue weighted by atomic mass is 10.1. The molecule has 0 amide bonds. The van der Waals surface area contributed by atoms with E-state index in [9.17, 15) is 0 Å². The first-order valence-corrected chi connectivity index (χ1v) is 6.73. The third-order valence-corrected chi connectivity index (χ3v) is 3.84. The van der Waals surface area contributed by atoms with E-state index < -0.39 is 0 Å². The van der Waals surface area contributed by atoms with Crippen LogP contribution in [0.25, 0.3) is 0 Å². The maximum absolute atomic E-state index is 5.93. The summed E-state index contributed by atoms with van der Waals surface area (Å²) in [7, 11) is 1.58. The number of hydrogen-bond donors (Lipinski definition) is 1. The van der Waals surface area contributed by atoms with Crippen molar-refractivity contribution in [3.8, 4) is 5.75 Å². The molecule has 0 bridgehead atoms.